The highest BCUT2D eigenvalue weighted by Crippen LogP contribution is 2.49. The van der Waals surface area contributed by atoms with Crippen LogP contribution in [0.5, 0.6) is 0 Å². The van der Waals surface area contributed by atoms with Crippen molar-refractivity contribution in [2.45, 2.75) is 88.6 Å². The Morgan fingerprint density at radius 3 is 2.43 bits per heavy atom. The van der Waals surface area contributed by atoms with Crippen molar-refractivity contribution >= 4 is 29.6 Å². The van der Waals surface area contributed by atoms with Crippen LogP contribution in [0.2, 0.25) is 5.02 Å². The summed E-state index contributed by atoms with van der Waals surface area (Å²) in [5, 5.41) is 26.9. The number of nitrogens with zero attached hydrogens (tertiary/aromatic N) is 7. The van der Waals surface area contributed by atoms with Crippen LogP contribution >= 0.6 is 11.6 Å². The van der Waals surface area contributed by atoms with E-state index in [4.69, 9.17) is 21.7 Å². The molecule has 2 aliphatic carbocycles. The molecule has 286 valence electrons. The summed E-state index contributed by atoms with van der Waals surface area (Å²) in [6.45, 7) is 5.04. The number of carbonyl (C=O) groups excluding carboxylic acids is 2. The van der Waals surface area contributed by atoms with E-state index in [1.807, 2.05) is 26.1 Å². The van der Waals surface area contributed by atoms with Crippen molar-refractivity contribution < 1.29 is 36.3 Å². The Hall–Kier alpha value is -5.13. The Morgan fingerprint density at radius 2 is 1.81 bits per heavy atom. The van der Waals surface area contributed by atoms with Crippen molar-refractivity contribution in [3.05, 3.63) is 77.0 Å². The van der Waals surface area contributed by atoms with Gasteiger partial charge in [-0.05, 0) is 60.8 Å². The summed E-state index contributed by atoms with van der Waals surface area (Å²) in [7, 11) is 0. The zero-order chi connectivity index (χ0) is 38.8. The predicted molar refractivity (Wildman–Crippen MR) is 184 cm³/mol. The molecule has 2 saturated carbocycles. The third-order valence-corrected chi connectivity index (χ3v) is 10.00. The molecule has 0 spiro atoms. The molecule has 54 heavy (non-hydrogen) atoms. The normalized spacial score (nSPS) is 20.3. The van der Waals surface area contributed by atoms with E-state index in [1.165, 1.54) is 18.2 Å². The van der Waals surface area contributed by atoms with Gasteiger partial charge in [0.05, 0.1) is 29.0 Å². The fourth-order valence-corrected chi connectivity index (χ4v) is 6.94. The molecule has 1 aliphatic heterocycles. The Bertz CT molecular complexity index is 2090. The summed E-state index contributed by atoms with van der Waals surface area (Å²) in [5.41, 5.74) is -2.47. The van der Waals surface area contributed by atoms with Gasteiger partial charge in [-0.1, -0.05) is 62.7 Å². The van der Waals surface area contributed by atoms with Gasteiger partial charge in [-0.2, -0.15) is 33.3 Å². The molecule has 2 aromatic heterocycles. The van der Waals surface area contributed by atoms with Crippen molar-refractivity contribution in [1.29, 1.82) is 5.41 Å². The van der Waals surface area contributed by atoms with E-state index in [9.17, 15) is 31.5 Å². The van der Waals surface area contributed by atoms with E-state index in [1.54, 1.807) is 35.3 Å². The molecular weight excluding hydrogens is 739 g/mol. The molecule has 19 heteroatoms. The summed E-state index contributed by atoms with van der Waals surface area (Å²) < 4.78 is 74.9. The molecule has 0 radical (unpaired) electrons. The van der Waals surface area contributed by atoms with Crippen LogP contribution in [-0.2, 0) is 15.1 Å². The van der Waals surface area contributed by atoms with Gasteiger partial charge in [-0.3, -0.25) is 15.1 Å². The first-order valence-electron chi connectivity index (χ1n) is 17.1. The lowest BCUT2D eigenvalue weighted by Crippen LogP contribution is -2.49. The van der Waals surface area contributed by atoms with E-state index in [-0.39, 0.29) is 41.6 Å². The van der Waals surface area contributed by atoms with Crippen LogP contribution in [0.15, 0.2) is 55.0 Å². The SMILES string of the molecule is CC(C)(C)C[C@]1(c2ccc(-c3cnn(C4CC4)n3)cc2)NC(=N)N([C@H](COC(=O)NC2(C(F)(F)F)CC2)c2ccc(Cl)c(-n3ncnc3C(F)F)c2)C1=O. The van der Waals surface area contributed by atoms with Gasteiger partial charge in [-0.15, -0.1) is 0 Å². The Kier molecular flexibility index (Phi) is 9.17. The first-order chi connectivity index (χ1) is 25.4. The maximum Gasteiger partial charge on any atom is 0.411 e. The van der Waals surface area contributed by atoms with Gasteiger partial charge in [0.2, 0.25) is 0 Å². The molecule has 4 aromatic rings. The van der Waals surface area contributed by atoms with Gasteiger partial charge in [0.25, 0.3) is 12.3 Å². The number of aromatic nitrogens is 6. The lowest BCUT2D eigenvalue weighted by molar-refractivity contribution is -0.164. The largest absolute Gasteiger partial charge is 0.447 e. The molecule has 2 aromatic carbocycles. The average Bonchev–Trinajstić information content (AvgIpc) is 3.97. The van der Waals surface area contributed by atoms with Gasteiger partial charge in [-0.25, -0.2) is 23.2 Å². The zero-order valence-corrected chi connectivity index (χ0v) is 30.0. The minimum Gasteiger partial charge on any atom is -0.447 e. The highest BCUT2D eigenvalue weighted by Gasteiger charge is 2.64. The van der Waals surface area contributed by atoms with E-state index < -0.39 is 65.5 Å². The summed E-state index contributed by atoms with van der Waals surface area (Å²) >= 11 is 6.43. The first-order valence-corrected chi connectivity index (χ1v) is 17.5. The van der Waals surface area contributed by atoms with E-state index in [0.717, 1.165) is 34.3 Å². The lowest BCUT2D eigenvalue weighted by atomic mass is 9.75. The Labute approximate surface area is 310 Å². The van der Waals surface area contributed by atoms with Gasteiger partial charge in [0, 0.05) is 5.56 Å². The number of benzene rings is 2. The Balaban J connectivity index is 1.26. The smallest absolute Gasteiger partial charge is 0.411 e. The monoisotopic (exact) mass is 774 g/mol. The van der Waals surface area contributed by atoms with E-state index in [0.29, 0.717) is 11.3 Å². The minimum absolute atomic E-state index is 0.0234. The lowest BCUT2D eigenvalue weighted by Gasteiger charge is -2.35. The van der Waals surface area contributed by atoms with Gasteiger partial charge in [0.15, 0.2) is 11.8 Å². The number of hydrogen-bond donors (Lipinski definition) is 3. The van der Waals surface area contributed by atoms with Gasteiger partial charge < -0.3 is 15.4 Å². The van der Waals surface area contributed by atoms with Gasteiger partial charge >= 0.3 is 12.3 Å². The van der Waals surface area contributed by atoms with Crippen LogP contribution in [0.3, 0.4) is 0 Å². The number of ether oxygens (including phenoxy) is 1. The number of guanidine groups is 1. The second kappa shape index (κ2) is 13.3. The molecule has 3 N–H and O–H groups in total. The molecule has 1 saturated heterocycles. The quantitative estimate of drug-likeness (QED) is 0.138. The van der Waals surface area contributed by atoms with Crippen LogP contribution in [0.1, 0.15) is 88.3 Å². The number of halogens is 6. The summed E-state index contributed by atoms with van der Waals surface area (Å²) in [5.74, 6) is -1.74. The van der Waals surface area contributed by atoms with Crippen LogP contribution in [-0.4, -0.2) is 70.9 Å². The summed E-state index contributed by atoms with van der Waals surface area (Å²) in [6, 6.07) is 10.1. The number of alkyl carbamates (subject to hydrolysis) is 1. The number of hydrogen-bond acceptors (Lipinski definition) is 8. The first kappa shape index (κ1) is 37.2. The second-order valence-corrected chi connectivity index (χ2v) is 15.4. The van der Waals surface area contributed by atoms with Crippen molar-refractivity contribution in [3.63, 3.8) is 0 Å². The fourth-order valence-electron chi connectivity index (χ4n) is 6.74. The highest BCUT2D eigenvalue weighted by molar-refractivity contribution is 6.32. The molecule has 3 heterocycles. The summed E-state index contributed by atoms with van der Waals surface area (Å²) in [6.07, 6.45) is -5.02. The summed E-state index contributed by atoms with van der Waals surface area (Å²) in [4.78, 5) is 34.2. The highest BCUT2D eigenvalue weighted by atomic mass is 35.5. The molecule has 0 unspecified atom stereocenters. The zero-order valence-electron chi connectivity index (χ0n) is 29.3. The van der Waals surface area contributed by atoms with Crippen LogP contribution in [0.25, 0.3) is 16.9 Å². The van der Waals surface area contributed by atoms with Crippen molar-refractivity contribution in [2.75, 3.05) is 6.61 Å². The van der Waals surface area contributed by atoms with E-state index in [2.05, 4.69) is 25.6 Å². The number of amides is 2. The van der Waals surface area contributed by atoms with Crippen LogP contribution in [0.4, 0.5) is 26.7 Å². The number of nitrogens with one attached hydrogen (secondary N) is 3. The molecule has 3 fully saturated rings. The molecule has 3 aliphatic rings. The third-order valence-electron chi connectivity index (χ3n) is 9.68. The average molecular weight is 775 g/mol. The van der Waals surface area contributed by atoms with Gasteiger partial charge in [0.1, 0.15) is 29.7 Å². The fraction of sp³-hybridized carbons (Fsp3) is 0.457. The molecule has 0 bridgehead atoms. The number of alkyl halides is 5. The molecule has 7 rings (SSSR count). The molecule has 2 atom stereocenters. The number of carbonyl (C=O) groups is 2. The van der Waals surface area contributed by atoms with Crippen molar-refractivity contribution in [1.82, 2.24) is 45.3 Å². The van der Waals surface area contributed by atoms with Crippen LogP contribution in [0, 0.1) is 10.8 Å². The molecular formula is C35H36ClF5N10O3. The Morgan fingerprint density at radius 1 is 1.11 bits per heavy atom. The predicted octanol–water partition coefficient (Wildman–Crippen LogP) is 7.01. The topological polar surface area (TPSA) is 156 Å². The molecule has 13 nitrogen and oxygen atoms in total. The third kappa shape index (κ3) is 6.98. The molecule has 2 amide bonds. The number of rotatable bonds is 11. The van der Waals surface area contributed by atoms with Crippen molar-refractivity contribution in [3.8, 4) is 16.9 Å². The standard InChI is InChI=1S/C35H36ClF5N10O3/c1-32(2,3)17-34(21-7-4-19(5-8-21)24-15-44-51(48-24)22-9-10-22)29(52)49(30(42)46-34)26(16-54-31(53)47-33(12-13-33)35(39,40)41)20-6-11-23(36)25(14-20)50-28(27(37)38)43-18-45-50/h4-8,11,14-15,18,22,26-27H,9-10,12-13,16-17H2,1-3H3,(H2,42,46)(H,47,53)/t26-,34-/m1/s1. The van der Waals surface area contributed by atoms with Crippen molar-refractivity contribution in [2.24, 2.45) is 5.41 Å². The van der Waals surface area contributed by atoms with E-state index >= 15 is 0 Å². The van der Waals surface area contributed by atoms with Crippen LogP contribution < -0.4 is 10.6 Å². The second-order valence-electron chi connectivity index (χ2n) is 15.0. The maximum atomic E-state index is 14.9. The minimum atomic E-state index is -4.72. The maximum absolute atomic E-state index is 14.9.